The first-order valence-corrected chi connectivity index (χ1v) is 8.08. The molecular weight excluding hydrogens is 292 g/mol. The normalized spacial score (nSPS) is 18.3. The molecule has 4 rings (SSSR count). The number of piperazine rings is 1. The lowest BCUT2D eigenvalue weighted by Gasteiger charge is -2.35. The number of amides is 1. The summed E-state index contributed by atoms with van der Waals surface area (Å²) in [7, 11) is 0. The molecule has 0 atom stereocenters. The van der Waals surface area contributed by atoms with Gasteiger partial charge in [0.2, 0.25) is 5.91 Å². The lowest BCUT2D eigenvalue weighted by atomic mass is 10.2. The van der Waals surface area contributed by atoms with Gasteiger partial charge in [-0.1, -0.05) is 0 Å². The Morgan fingerprint density at radius 3 is 2.48 bits per heavy atom. The minimum Gasteiger partial charge on any atom is -0.353 e. The number of anilines is 1. The van der Waals surface area contributed by atoms with Crippen LogP contribution in [0.4, 0.5) is 5.82 Å². The third-order valence-electron chi connectivity index (χ3n) is 4.55. The topological polar surface area (TPSA) is 67.2 Å². The number of aryl methyl sites for hydroxylation is 1. The number of aromatic nitrogens is 4. The van der Waals surface area contributed by atoms with Crippen molar-refractivity contribution in [3.8, 4) is 5.82 Å². The summed E-state index contributed by atoms with van der Waals surface area (Å²) in [6, 6.07) is 1.98. The fraction of sp³-hybridized carbons (Fsp3) is 0.500. The Labute approximate surface area is 135 Å². The average Bonchev–Trinajstić information content (AvgIpc) is 3.36. The predicted octanol–water partition coefficient (Wildman–Crippen LogP) is 1.03. The fourth-order valence-electron chi connectivity index (χ4n) is 3.01. The van der Waals surface area contributed by atoms with Gasteiger partial charge >= 0.3 is 0 Å². The van der Waals surface area contributed by atoms with Crippen molar-refractivity contribution in [1.29, 1.82) is 0 Å². The zero-order valence-corrected chi connectivity index (χ0v) is 13.2. The minimum absolute atomic E-state index is 0.302. The van der Waals surface area contributed by atoms with Crippen molar-refractivity contribution in [2.75, 3.05) is 31.1 Å². The highest BCUT2D eigenvalue weighted by Gasteiger charge is 2.34. The molecule has 2 aliphatic rings. The van der Waals surface area contributed by atoms with Crippen LogP contribution in [-0.4, -0.2) is 56.5 Å². The molecule has 7 nitrogen and oxygen atoms in total. The lowest BCUT2D eigenvalue weighted by molar-refractivity contribution is -0.132. The van der Waals surface area contributed by atoms with Crippen molar-refractivity contribution in [3.63, 3.8) is 0 Å². The Hall–Kier alpha value is -2.44. The Bertz CT molecular complexity index is 715. The summed E-state index contributed by atoms with van der Waals surface area (Å²) in [5.41, 5.74) is 0. The Morgan fingerprint density at radius 2 is 1.83 bits per heavy atom. The van der Waals surface area contributed by atoms with Crippen LogP contribution in [0.25, 0.3) is 5.82 Å². The van der Waals surface area contributed by atoms with Crippen molar-refractivity contribution in [3.05, 3.63) is 30.6 Å². The van der Waals surface area contributed by atoms with Crippen LogP contribution < -0.4 is 4.90 Å². The summed E-state index contributed by atoms with van der Waals surface area (Å²) >= 11 is 0. The molecule has 0 unspecified atom stereocenters. The number of imidazole rings is 1. The van der Waals surface area contributed by atoms with E-state index >= 15 is 0 Å². The van der Waals surface area contributed by atoms with Crippen LogP contribution in [-0.2, 0) is 4.79 Å². The standard InChI is InChI=1S/C16H20N6O/c1-12-17-4-5-22(12)15-10-14(18-11-19-15)20-6-8-21(9-7-20)16(23)13-2-3-13/h4-5,10-11,13H,2-3,6-9H2,1H3. The number of carbonyl (C=O) groups is 1. The van der Waals surface area contributed by atoms with Gasteiger partial charge in [0, 0.05) is 50.6 Å². The van der Waals surface area contributed by atoms with Gasteiger partial charge in [-0.3, -0.25) is 9.36 Å². The van der Waals surface area contributed by atoms with E-state index in [4.69, 9.17) is 0 Å². The van der Waals surface area contributed by atoms with Gasteiger partial charge in [-0.25, -0.2) is 15.0 Å². The van der Waals surface area contributed by atoms with E-state index in [1.165, 1.54) is 0 Å². The zero-order valence-electron chi connectivity index (χ0n) is 13.2. The molecular formula is C16H20N6O. The van der Waals surface area contributed by atoms with E-state index < -0.39 is 0 Å². The Balaban J connectivity index is 1.47. The molecule has 3 heterocycles. The Kier molecular flexibility index (Phi) is 3.48. The molecule has 0 radical (unpaired) electrons. The van der Waals surface area contributed by atoms with E-state index in [0.29, 0.717) is 11.8 Å². The number of hydrogen-bond donors (Lipinski definition) is 0. The second kappa shape index (κ2) is 5.64. The average molecular weight is 312 g/mol. The van der Waals surface area contributed by atoms with Gasteiger partial charge in [-0.15, -0.1) is 0 Å². The summed E-state index contributed by atoms with van der Waals surface area (Å²) in [4.78, 5) is 29.3. The molecule has 23 heavy (non-hydrogen) atoms. The third kappa shape index (κ3) is 2.78. The maximum absolute atomic E-state index is 12.1. The van der Waals surface area contributed by atoms with Crippen LogP contribution in [0.2, 0.25) is 0 Å². The van der Waals surface area contributed by atoms with Gasteiger partial charge in [0.1, 0.15) is 23.8 Å². The van der Waals surface area contributed by atoms with Crippen LogP contribution in [0.5, 0.6) is 0 Å². The second-order valence-corrected chi connectivity index (χ2v) is 6.17. The van der Waals surface area contributed by atoms with Crippen molar-refractivity contribution in [2.24, 2.45) is 5.92 Å². The van der Waals surface area contributed by atoms with Crippen LogP contribution >= 0.6 is 0 Å². The maximum Gasteiger partial charge on any atom is 0.225 e. The van der Waals surface area contributed by atoms with Crippen molar-refractivity contribution >= 4 is 11.7 Å². The largest absolute Gasteiger partial charge is 0.353 e. The first-order chi connectivity index (χ1) is 11.2. The van der Waals surface area contributed by atoms with Crippen LogP contribution in [0.1, 0.15) is 18.7 Å². The van der Waals surface area contributed by atoms with Crippen LogP contribution in [0, 0.1) is 12.8 Å². The highest BCUT2D eigenvalue weighted by molar-refractivity contribution is 5.81. The summed E-state index contributed by atoms with van der Waals surface area (Å²) in [6.45, 7) is 5.14. The predicted molar refractivity (Wildman–Crippen MR) is 85.4 cm³/mol. The number of nitrogens with zero attached hydrogens (tertiary/aromatic N) is 6. The number of rotatable bonds is 3. The summed E-state index contributed by atoms with van der Waals surface area (Å²) in [5, 5.41) is 0. The Morgan fingerprint density at radius 1 is 1.09 bits per heavy atom. The molecule has 0 bridgehead atoms. The molecule has 1 amide bonds. The molecule has 0 N–H and O–H groups in total. The maximum atomic E-state index is 12.1. The third-order valence-corrected chi connectivity index (χ3v) is 4.55. The van der Waals surface area contributed by atoms with Gasteiger partial charge in [0.15, 0.2) is 0 Å². The fourth-order valence-corrected chi connectivity index (χ4v) is 3.01. The van der Waals surface area contributed by atoms with Crippen molar-refractivity contribution in [2.45, 2.75) is 19.8 Å². The number of carbonyl (C=O) groups excluding carboxylic acids is 1. The van der Waals surface area contributed by atoms with E-state index in [1.807, 2.05) is 28.7 Å². The van der Waals surface area contributed by atoms with Gasteiger partial charge in [-0.2, -0.15) is 0 Å². The SMILES string of the molecule is Cc1nccn1-c1cc(N2CCN(C(=O)C3CC3)CC2)ncn1. The summed E-state index contributed by atoms with van der Waals surface area (Å²) < 4.78 is 1.94. The van der Waals surface area contributed by atoms with Crippen LogP contribution in [0.3, 0.4) is 0 Å². The van der Waals surface area contributed by atoms with E-state index in [9.17, 15) is 4.79 Å². The molecule has 2 aromatic heterocycles. The molecule has 120 valence electrons. The van der Waals surface area contributed by atoms with Gasteiger partial charge in [0.25, 0.3) is 0 Å². The first-order valence-electron chi connectivity index (χ1n) is 8.08. The van der Waals surface area contributed by atoms with Gasteiger partial charge in [-0.05, 0) is 19.8 Å². The van der Waals surface area contributed by atoms with Gasteiger partial charge in [0.05, 0.1) is 0 Å². The quantitative estimate of drug-likeness (QED) is 0.847. The molecule has 2 fully saturated rings. The summed E-state index contributed by atoms with van der Waals surface area (Å²) in [5.74, 6) is 3.26. The molecule has 1 aliphatic carbocycles. The highest BCUT2D eigenvalue weighted by Crippen LogP contribution is 2.31. The second-order valence-electron chi connectivity index (χ2n) is 6.17. The van der Waals surface area contributed by atoms with Crippen molar-refractivity contribution < 1.29 is 4.79 Å². The monoisotopic (exact) mass is 312 g/mol. The lowest BCUT2D eigenvalue weighted by Crippen LogP contribution is -2.49. The molecule has 1 saturated heterocycles. The zero-order chi connectivity index (χ0) is 15.8. The molecule has 1 aliphatic heterocycles. The molecule has 1 saturated carbocycles. The van der Waals surface area contributed by atoms with Crippen LogP contribution in [0.15, 0.2) is 24.8 Å². The van der Waals surface area contributed by atoms with E-state index in [1.54, 1.807) is 12.5 Å². The number of hydrogen-bond acceptors (Lipinski definition) is 5. The van der Waals surface area contributed by atoms with E-state index in [-0.39, 0.29) is 0 Å². The van der Waals surface area contributed by atoms with Crippen molar-refractivity contribution in [1.82, 2.24) is 24.4 Å². The van der Waals surface area contributed by atoms with Gasteiger partial charge < -0.3 is 9.80 Å². The first kappa shape index (κ1) is 14.2. The molecule has 0 aromatic carbocycles. The highest BCUT2D eigenvalue weighted by atomic mass is 16.2. The minimum atomic E-state index is 0.302. The summed E-state index contributed by atoms with van der Waals surface area (Å²) in [6.07, 6.45) is 7.38. The smallest absolute Gasteiger partial charge is 0.225 e. The molecule has 2 aromatic rings. The van der Waals surface area contributed by atoms with E-state index in [2.05, 4.69) is 19.9 Å². The van der Waals surface area contributed by atoms with E-state index in [0.717, 1.165) is 56.5 Å². The molecule has 0 spiro atoms. The molecule has 7 heteroatoms.